The number of rotatable bonds is 9. The van der Waals surface area contributed by atoms with Crippen molar-refractivity contribution in [3.05, 3.63) is 53.1 Å². The van der Waals surface area contributed by atoms with Crippen LogP contribution >= 0.6 is 23.4 Å². The van der Waals surface area contributed by atoms with Crippen molar-refractivity contribution in [3.63, 3.8) is 0 Å². The van der Waals surface area contributed by atoms with Gasteiger partial charge in [0.2, 0.25) is 11.8 Å². The Labute approximate surface area is 181 Å². The summed E-state index contributed by atoms with van der Waals surface area (Å²) in [7, 11) is 0. The van der Waals surface area contributed by atoms with Crippen LogP contribution in [0.15, 0.2) is 47.4 Å². The lowest BCUT2D eigenvalue weighted by Crippen LogP contribution is -2.22. The molecule has 0 aliphatic rings. The summed E-state index contributed by atoms with van der Waals surface area (Å²) in [4.78, 5) is 46.6. The summed E-state index contributed by atoms with van der Waals surface area (Å²) < 4.78 is 0. The molecule has 0 spiro atoms. The van der Waals surface area contributed by atoms with E-state index in [9.17, 15) is 19.2 Å². The Balaban J connectivity index is 2.00. The molecule has 0 aromatic heterocycles. The van der Waals surface area contributed by atoms with E-state index in [2.05, 4.69) is 10.6 Å². The molecule has 0 radical (unpaired) electrons. The minimum absolute atomic E-state index is 0.00125. The molecule has 4 N–H and O–H groups in total. The van der Waals surface area contributed by atoms with Crippen LogP contribution in [0, 0.1) is 0 Å². The second-order valence-corrected chi connectivity index (χ2v) is 8.04. The molecule has 0 aliphatic carbocycles. The number of carbonyl (C=O) groups is 4. The fourth-order valence-corrected chi connectivity index (χ4v) is 3.43. The molecule has 2 rings (SSSR count). The predicted molar refractivity (Wildman–Crippen MR) is 114 cm³/mol. The van der Waals surface area contributed by atoms with E-state index in [1.54, 1.807) is 31.2 Å². The molecule has 2 aromatic carbocycles. The molecule has 8 nitrogen and oxygen atoms in total. The Morgan fingerprint density at radius 2 is 1.77 bits per heavy atom. The third kappa shape index (κ3) is 7.09. The van der Waals surface area contributed by atoms with Gasteiger partial charge in [0.1, 0.15) is 0 Å². The van der Waals surface area contributed by atoms with E-state index in [0.717, 1.165) is 0 Å². The summed E-state index contributed by atoms with van der Waals surface area (Å²) in [5.74, 6) is -2.98. The quantitative estimate of drug-likeness (QED) is 0.425. The molecule has 0 saturated carbocycles. The van der Waals surface area contributed by atoms with Crippen molar-refractivity contribution >= 4 is 58.5 Å². The van der Waals surface area contributed by atoms with Crippen LogP contribution in [0.4, 0.5) is 11.4 Å². The molecular formula is C20H19ClN2O6S. The number of thioether (sulfide) groups is 1. The Kier molecular flexibility index (Phi) is 8.25. The van der Waals surface area contributed by atoms with Crippen molar-refractivity contribution in [2.45, 2.75) is 29.9 Å². The number of carboxylic acid groups (broad SMARTS) is 2. The lowest BCUT2D eigenvalue weighted by Gasteiger charge is -2.14. The molecule has 10 heteroatoms. The first kappa shape index (κ1) is 23.2. The van der Waals surface area contributed by atoms with Crippen molar-refractivity contribution in [2.75, 3.05) is 10.6 Å². The van der Waals surface area contributed by atoms with Gasteiger partial charge in [-0.1, -0.05) is 17.7 Å². The first-order chi connectivity index (χ1) is 14.2. The summed E-state index contributed by atoms with van der Waals surface area (Å²) in [5.41, 5.74) is 0.690. The molecule has 2 aromatic rings. The average Bonchev–Trinajstić information content (AvgIpc) is 2.68. The molecule has 2 amide bonds. The summed E-state index contributed by atoms with van der Waals surface area (Å²) in [6, 6.07) is 10.8. The summed E-state index contributed by atoms with van der Waals surface area (Å²) >= 11 is 7.26. The zero-order valence-corrected chi connectivity index (χ0v) is 17.4. The lowest BCUT2D eigenvalue weighted by atomic mass is 10.2. The summed E-state index contributed by atoms with van der Waals surface area (Å²) in [6.45, 7) is 1.67. The van der Waals surface area contributed by atoms with Crippen LogP contribution in [0.3, 0.4) is 0 Å². The highest BCUT2D eigenvalue weighted by atomic mass is 35.5. The van der Waals surface area contributed by atoms with Gasteiger partial charge in [0.05, 0.1) is 27.9 Å². The normalized spacial score (nSPS) is 11.4. The van der Waals surface area contributed by atoms with Gasteiger partial charge in [-0.3, -0.25) is 14.4 Å². The van der Waals surface area contributed by atoms with Gasteiger partial charge in [0, 0.05) is 17.0 Å². The molecule has 1 atom stereocenters. The molecular weight excluding hydrogens is 432 g/mol. The van der Waals surface area contributed by atoms with Gasteiger partial charge in [0.15, 0.2) is 0 Å². The van der Waals surface area contributed by atoms with E-state index < -0.39 is 23.1 Å². The van der Waals surface area contributed by atoms with E-state index in [1.807, 2.05) is 0 Å². The first-order valence-corrected chi connectivity index (χ1v) is 10.0. The highest BCUT2D eigenvalue weighted by molar-refractivity contribution is 8.00. The first-order valence-electron chi connectivity index (χ1n) is 8.78. The maximum Gasteiger partial charge on any atom is 0.335 e. The van der Waals surface area contributed by atoms with Crippen molar-refractivity contribution in [3.8, 4) is 0 Å². The van der Waals surface area contributed by atoms with Crippen LogP contribution in [0.5, 0.6) is 0 Å². The monoisotopic (exact) mass is 450 g/mol. The maximum absolute atomic E-state index is 12.5. The van der Waals surface area contributed by atoms with Crippen molar-refractivity contribution in [2.24, 2.45) is 0 Å². The van der Waals surface area contributed by atoms with Crippen LogP contribution < -0.4 is 10.6 Å². The zero-order chi connectivity index (χ0) is 22.3. The Morgan fingerprint density at radius 3 is 2.43 bits per heavy atom. The van der Waals surface area contributed by atoms with Gasteiger partial charge in [-0.05, 0) is 43.3 Å². The molecule has 0 bridgehead atoms. The Bertz CT molecular complexity index is 982. The fraction of sp³-hybridized carbons (Fsp3) is 0.200. The van der Waals surface area contributed by atoms with E-state index in [1.165, 1.54) is 30.0 Å². The highest BCUT2D eigenvalue weighted by Crippen LogP contribution is 2.28. The zero-order valence-electron chi connectivity index (χ0n) is 15.8. The maximum atomic E-state index is 12.5. The number of carboxylic acids is 2. The second-order valence-electron chi connectivity index (χ2n) is 6.22. The third-order valence-electron chi connectivity index (χ3n) is 3.84. The van der Waals surface area contributed by atoms with Gasteiger partial charge < -0.3 is 20.8 Å². The Morgan fingerprint density at radius 1 is 1.03 bits per heavy atom. The molecule has 1 unspecified atom stereocenters. The van der Waals surface area contributed by atoms with Crippen LogP contribution in [0.2, 0.25) is 5.02 Å². The average molecular weight is 451 g/mol. The van der Waals surface area contributed by atoms with E-state index >= 15 is 0 Å². The summed E-state index contributed by atoms with van der Waals surface area (Å²) in [5, 5.41) is 22.6. The lowest BCUT2D eigenvalue weighted by molar-refractivity contribution is -0.138. The minimum atomic E-state index is -1.13. The van der Waals surface area contributed by atoms with Crippen molar-refractivity contribution in [1.82, 2.24) is 0 Å². The van der Waals surface area contributed by atoms with Crippen LogP contribution in [-0.2, 0) is 14.4 Å². The predicted octanol–water partition coefficient (Wildman–Crippen LogP) is 3.96. The van der Waals surface area contributed by atoms with Crippen molar-refractivity contribution < 1.29 is 29.4 Å². The number of anilines is 2. The van der Waals surface area contributed by atoms with Crippen LogP contribution in [0.1, 0.15) is 30.1 Å². The second kappa shape index (κ2) is 10.7. The van der Waals surface area contributed by atoms with E-state index in [4.69, 9.17) is 21.8 Å². The number of halogens is 1. The number of hydrogen-bond acceptors (Lipinski definition) is 5. The summed E-state index contributed by atoms with van der Waals surface area (Å²) in [6.07, 6.45) is -0.398. The molecule has 0 fully saturated rings. The number of amides is 2. The third-order valence-corrected chi connectivity index (χ3v) is 5.26. The van der Waals surface area contributed by atoms with Gasteiger partial charge in [-0.2, -0.15) is 0 Å². The highest BCUT2D eigenvalue weighted by Gasteiger charge is 2.17. The van der Waals surface area contributed by atoms with Crippen LogP contribution in [0.25, 0.3) is 0 Å². The smallest absolute Gasteiger partial charge is 0.335 e. The van der Waals surface area contributed by atoms with Gasteiger partial charge in [0.25, 0.3) is 0 Å². The topological polar surface area (TPSA) is 133 Å². The fourth-order valence-electron chi connectivity index (χ4n) is 2.34. The van der Waals surface area contributed by atoms with E-state index in [0.29, 0.717) is 10.6 Å². The Hall–Kier alpha value is -3.04. The standard InChI is InChI=1S/C20H19ClN2O6S/c1-11(19(27)23-16-9-12(20(28)29)5-6-15(16)21)30-14-4-2-3-13(10-14)22-17(24)7-8-18(25)26/h2-6,9-11H,7-8H2,1H3,(H,22,24)(H,23,27)(H,25,26)(H,28,29). The number of hydrogen-bond donors (Lipinski definition) is 4. The number of nitrogens with one attached hydrogen (secondary N) is 2. The van der Waals surface area contributed by atoms with Crippen LogP contribution in [-0.4, -0.2) is 39.2 Å². The number of aliphatic carboxylic acids is 1. The van der Waals surface area contributed by atoms with Crippen molar-refractivity contribution in [1.29, 1.82) is 0 Å². The minimum Gasteiger partial charge on any atom is -0.481 e. The molecule has 158 valence electrons. The number of aromatic carboxylic acids is 1. The molecule has 0 heterocycles. The number of benzene rings is 2. The molecule has 0 saturated heterocycles. The molecule has 0 aliphatic heterocycles. The van der Waals surface area contributed by atoms with Gasteiger partial charge in [-0.25, -0.2) is 4.79 Å². The van der Waals surface area contributed by atoms with E-state index in [-0.39, 0.29) is 35.0 Å². The number of carbonyl (C=O) groups excluding carboxylic acids is 2. The SMILES string of the molecule is CC(Sc1cccc(NC(=O)CCC(=O)O)c1)C(=O)Nc1cc(C(=O)O)ccc1Cl. The van der Waals surface area contributed by atoms with Gasteiger partial charge >= 0.3 is 11.9 Å². The molecule has 30 heavy (non-hydrogen) atoms. The van der Waals surface area contributed by atoms with Gasteiger partial charge in [-0.15, -0.1) is 11.8 Å². The largest absolute Gasteiger partial charge is 0.481 e.